The van der Waals surface area contributed by atoms with Gasteiger partial charge in [0, 0.05) is 32.9 Å². The van der Waals surface area contributed by atoms with E-state index in [0.717, 1.165) is 4.57 Å². The van der Waals surface area contributed by atoms with Crippen molar-refractivity contribution in [3.8, 4) is 11.5 Å². The quantitative estimate of drug-likeness (QED) is 0.586. The van der Waals surface area contributed by atoms with Crippen molar-refractivity contribution in [2.45, 2.75) is 5.16 Å². The lowest BCUT2D eigenvalue weighted by Crippen LogP contribution is -2.37. The first-order chi connectivity index (χ1) is 13.8. The molecule has 29 heavy (non-hydrogen) atoms. The van der Waals surface area contributed by atoms with Crippen molar-refractivity contribution >= 4 is 34.5 Å². The van der Waals surface area contributed by atoms with Crippen molar-refractivity contribution in [1.82, 2.24) is 18.7 Å². The Morgan fingerprint density at radius 1 is 1.07 bits per heavy atom. The molecule has 2 heterocycles. The maximum absolute atomic E-state index is 12.3. The van der Waals surface area contributed by atoms with Gasteiger partial charge in [0.25, 0.3) is 5.56 Å². The second-order valence-electron chi connectivity index (χ2n) is 6.24. The second-order valence-corrected chi connectivity index (χ2v) is 7.18. The Labute approximate surface area is 170 Å². The highest BCUT2D eigenvalue weighted by Crippen LogP contribution is 2.30. The van der Waals surface area contributed by atoms with Gasteiger partial charge >= 0.3 is 5.69 Å². The lowest BCUT2D eigenvalue weighted by Gasteiger charge is -2.10. The van der Waals surface area contributed by atoms with Gasteiger partial charge in [0.2, 0.25) is 5.91 Å². The van der Waals surface area contributed by atoms with E-state index < -0.39 is 11.2 Å². The number of hydrogen-bond donors (Lipinski definition) is 1. The molecule has 3 aromatic rings. The zero-order valence-corrected chi connectivity index (χ0v) is 17.5. The number of imidazole rings is 1. The van der Waals surface area contributed by atoms with Crippen LogP contribution in [0.1, 0.15) is 0 Å². The van der Waals surface area contributed by atoms with Crippen LogP contribution < -0.4 is 26.0 Å². The number of nitrogens with one attached hydrogen (secondary N) is 1. The third kappa shape index (κ3) is 3.73. The summed E-state index contributed by atoms with van der Waals surface area (Å²) in [6, 6.07) is 5.07. The number of aryl methyl sites for hydroxylation is 2. The number of ether oxygens (including phenoxy) is 2. The molecule has 2 aromatic heterocycles. The summed E-state index contributed by atoms with van der Waals surface area (Å²) in [7, 11) is 7.73. The topological polar surface area (TPSA) is 109 Å². The maximum Gasteiger partial charge on any atom is 0.332 e. The summed E-state index contributed by atoms with van der Waals surface area (Å²) in [6.45, 7) is 0. The van der Waals surface area contributed by atoms with E-state index in [4.69, 9.17) is 9.47 Å². The van der Waals surface area contributed by atoms with Crippen molar-refractivity contribution in [1.29, 1.82) is 0 Å². The molecule has 1 N–H and O–H groups in total. The van der Waals surface area contributed by atoms with Gasteiger partial charge in [-0.05, 0) is 12.1 Å². The molecule has 0 saturated carbocycles. The third-order valence-electron chi connectivity index (χ3n) is 4.42. The van der Waals surface area contributed by atoms with Gasteiger partial charge in [0.15, 0.2) is 27.8 Å². The van der Waals surface area contributed by atoms with Crippen LogP contribution in [0.4, 0.5) is 5.69 Å². The molecule has 0 atom stereocenters. The van der Waals surface area contributed by atoms with Crippen LogP contribution in [0.15, 0.2) is 32.9 Å². The Morgan fingerprint density at radius 2 is 1.76 bits per heavy atom. The fraction of sp³-hybridized carbons (Fsp3) is 0.333. The van der Waals surface area contributed by atoms with E-state index in [1.54, 1.807) is 36.9 Å². The summed E-state index contributed by atoms with van der Waals surface area (Å²) in [5, 5.41) is 3.24. The van der Waals surface area contributed by atoms with Gasteiger partial charge < -0.3 is 19.4 Å². The molecule has 3 rings (SSSR count). The van der Waals surface area contributed by atoms with E-state index >= 15 is 0 Å². The zero-order chi connectivity index (χ0) is 21.3. The average Bonchev–Trinajstić information content (AvgIpc) is 3.05. The first-order valence-electron chi connectivity index (χ1n) is 8.55. The van der Waals surface area contributed by atoms with Crippen molar-refractivity contribution in [2.75, 3.05) is 25.3 Å². The van der Waals surface area contributed by atoms with Crippen molar-refractivity contribution in [2.24, 2.45) is 21.1 Å². The van der Waals surface area contributed by atoms with E-state index in [0.29, 0.717) is 28.0 Å². The van der Waals surface area contributed by atoms with E-state index in [-0.39, 0.29) is 17.2 Å². The van der Waals surface area contributed by atoms with Gasteiger partial charge in [-0.25, -0.2) is 9.78 Å². The molecule has 1 amide bonds. The molecule has 10 nitrogen and oxygen atoms in total. The van der Waals surface area contributed by atoms with Gasteiger partial charge in [0.05, 0.1) is 20.0 Å². The number of rotatable bonds is 6. The number of benzene rings is 1. The molecule has 0 bridgehead atoms. The summed E-state index contributed by atoms with van der Waals surface area (Å²) in [4.78, 5) is 41.1. The van der Waals surface area contributed by atoms with Gasteiger partial charge in [-0.1, -0.05) is 11.8 Å². The van der Waals surface area contributed by atoms with E-state index in [1.807, 2.05) is 0 Å². The Bertz CT molecular complexity index is 1210. The Balaban J connectivity index is 1.79. The number of thioether (sulfide) groups is 1. The number of anilines is 1. The first kappa shape index (κ1) is 20.5. The van der Waals surface area contributed by atoms with E-state index in [9.17, 15) is 14.4 Å². The van der Waals surface area contributed by atoms with Crippen LogP contribution in [0.2, 0.25) is 0 Å². The summed E-state index contributed by atoms with van der Waals surface area (Å²) < 4.78 is 14.4. The zero-order valence-electron chi connectivity index (χ0n) is 16.7. The van der Waals surface area contributed by atoms with Gasteiger partial charge in [-0.3, -0.25) is 18.7 Å². The molecule has 0 spiro atoms. The summed E-state index contributed by atoms with van der Waals surface area (Å²) >= 11 is 1.17. The number of methoxy groups -OCH3 is 2. The number of carbonyl (C=O) groups is 1. The average molecular weight is 419 g/mol. The highest BCUT2D eigenvalue weighted by Gasteiger charge is 2.18. The second kappa shape index (κ2) is 8.03. The summed E-state index contributed by atoms with van der Waals surface area (Å²) in [6.07, 6.45) is 0. The predicted octanol–water partition coefficient (Wildman–Crippen LogP) is 0.719. The van der Waals surface area contributed by atoms with Crippen LogP contribution in [-0.4, -0.2) is 44.6 Å². The Kier molecular flexibility index (Phi) is 5.69. The third-order valence-corrected chi connectivity index (χ3v) is 5.45. The SMILES string of the molecule is COc1ccc(NC(=O)CSc2nc3c(=O)n(C)c(=O)n(C)c3n2C)cc1OC. The van der Waals surface area contributed by atoms with Crippen LogP contribution in [0.25, 0.3) is 11.2 Å². The lowest BCUT2D eigenvalue weighted by atomic mass is 10.2. The summed E-state index contributed by atoms with van der Waals surface area (Å²) in [5.41, 5.74) is 0.240. The Hall–Kier alpha value is -3.21. The Morgan fingerprint density at radius 3 is 2.41 bits per heavy atom. The fourth-order valence-electron chi connectivity index (χ4n) is 2.93. The molecule has 11 heteroatoms. The normalized spacial score (nSPS) is 10.9. The smallest absolute Gasteiger partial charge is 0.332 e. The fourth-order valence-corrected chi connectivity index (χ4v) is 3.70. The molecule has 0 saturated heterocycles. The molecule has 1 aromatic carbocycles. The van der Waals surface area contributed by atoms with Crippen LogP contribution >= 0.6 is 11.8 Å². The van der Waals surface area contributed by atoms with E-state index in [1.165, 1.54) is 37.6 Å². The largest absolute Gasteiger partial charge is 0.493 e. The minimum atomic E-state index is -0.472. The van der Waals surface area contributed by atoms with Gasteiger partial charge in [-0.2, -0.15) is 0 Å². The van der Waals surface area contributed by atoms with E-state index in [2.05, 4.69) is 10.3 Å². The molecule has 0 radical (unpaired) electrons. The monoisotopic (exact) mass is 419 g/mol. The molecular weight excluding hydrogens is 398 g/mol. The number of carbonyl (C=O) groups excluding carboxylic acids is 1. The number of aromatic nitrogens is 4. The number of fused-ring (bicyclic) bond motifs is 1. The van der Waals surface area contributed by atoms with Gasteiger partial charge in [-0.15, -0.1) is 0 Å². The molecule has 0 aliphatic carbocycles. The van der Waals surface area contributed by atoms with Crippen molar-refractivity contribution in [3.05, 3.63) is 39.0 Å². The van der Waals surface area contributed by atoms with Crippen LogP contribution in [0.5, 0.6) is 11.5 Å². The highest BCUT2D eigenvalue weighted by atomic mass is 32.2. The highest BCUT2D eigenvalue weighted by molar-refractivity contribution is 7.99. The van der Waals surface area contributed by atoms with Gasteiger partial charge in [0.1, 0.15) is 0 Å². The number of hydrogen-bond acceptors (Lipinski definition) is 7. The predicted molar refractivity (Wildman–Crippen MR) is 110 cm³/mol. The molecular formula is C18H21N5O5S. The number of amides is 1. The van der Waals surface area contributed by atoms with Crippen LogP contribution in [0.3, 0.4) is 0 Å². The van der Waals surface area contributed by atoms with Crippen molar-refractivity contribution < 1.29 is 14.3 Å². The van der Waals surface area contributed by atoms with Crippen LogP contribution in [0, 0.1) is 0 Å². The minimum Gasteiger partial charge on any atom is -0.493 e. The number of nitrogens with zero attached hydrogens (tertiary/aromatic N) is 4. The van der Waals surface area contributed by atoms with Crippen LogP contribution in [-0.2, 0) is 25.9 Å². The first-order valence-corrected chi connectivity index (χ1v) is 9.54. The minimum absolute atomic E-state index is 0.0692. The molecule has 0 fully saturated rings. The molecule has 0 aliphatic rings. The molecule has 0 unspecified atom stereocenters. The lowest BCUT2D eigenvalue weighted by molar-refractivity contribution is -0.113. The maximum atomic E-state index is 12.3. The summed E-state index contributed by atoms with van der Waals surface area (Å²) in [5.74, 6) is 0.882. The molecule has 0 aliphatic heterocycles. The standard InChI is InChI=1S/C18H21N5O5S/c1-21-15-14(16(25)23(3)18(26)22(15)2)20-17(21)29-9-13(24)19-10-6-7-11(27-4)12(8-10)28-5/h6-8H,9H2,1-5H3,(H,19,24). The van der Waals surface area contributed by atoms with Crippen molar-refractivity contribution in [3.63, 3.8) is 0 Å². The molecule has 154 valence electrons.